The zero-order valence-electron chi connectivity index (χ0n) is 10.5. The largest absolute Gasteiger partial charge is 0.491 e. The number of amides is 1. The third-order valence-electron chi connectivity index (χ3n) is 2.95. The van der Waals surface area contributed by atoms with Gasteiger partial charge in [-0.05, 0) is 24.6 Å². The molecule has 4 nitrogen and oxygen atoms in total. The molecule has 0 aromatic heterocycles. The molecular formula is C14H17NO3. The summed E-state index contributed by atoms with van der Waals surface area (Å²) >= 11 is 0. The van der Waals surface area contributed by atoms with Crippen LogP contribution in [0.1, 0.15) is 46.9 Å². The van der Waals surface area contributed by atoms with Gasteiger partial charge in [0.25, 0.3) is 5.91 Å². The van der Waals surface area contributed by atoms with Gasteiger partial charge in [0.05, 0.1) is 12.1 Å². The van der Waals surface area contributed by atoms with E-state index in [0.29, 0.717) is 36.4 Å². The molecule has 0 spiro atoms. The maximum Gasteiger partial charge on any atom is 0.255 e. The molecule has 0 bridgehead atoms. The van der Waals surface area contributed by atoms with Crippen molar-refractivity contribution in [3.63, 3.8) is 0 Å². The molecule has 0 fully saturated rings. The number of carbonyl (C=O) groups is 2. The Morgan fingerprint density at radius 1 is 1.44 bits per heavy atom. The molecule has 1 N–H and O–H groups in total. The van der Waals surface area contributed by atoms with Crippen molar-refractivity contribution in [1.29, 1.82) is 0 Å². The van der Waals surface area contributed by atoms with E-state index in [-0.39, 0.29) is 11.7 Å². The highest BCUT2D eigenvalue weighted by molar-refractivity contribution is 6.02. The topological polar surface area (TPSA) is 55.4 Å². The fourth-order valence-electron chi connectivity index (χ4n) is 1.91. The van der Waals surface area contributed by atoms with E-state index >= 15 is 0 Å². The van der Waals surface area contributed by atoms with Crippen molar-refractivity contribution in [3.8, 4) is 5.75 Å². The number of nitrogens with one attached hydrogen (secondary N) is 1. The van der Waals surface area contributed by atoms with Crippen molar-refractivity contribution in [2.45, 2.75) is 26.2 Å². The highest BCUT2D eigenvalue weighted by Crippen LogP contribution is 2.22. The third-order valence-corrected chi connectivity index (χ3v) is 2.95. The number of ether oxygens (including phenoxy) is 1. The van der Waals surface area contributed by atoms with E-state index in [1.165, 1.54) is 0 Å². The predicted octanol–water partition coefficient (Wildman–Crippen LogP) is 2.18. The van der Waals surface area contributed by atoms with E-state index in [4.69, 9.17) is 4.74 Å². The van der Waals surface area contributed by atoms with Gasteiger partial charge in [-0.25, -0.2) is 0 Å². The van der Waals surface area contributed by atoms with E-state index in [0.717, 1.165) is 12.8 Å². The smallest absolute Gasteiger partial charge is 0.255 e. The lowest BCUT2D eigenvalue weighted by molar-refractivity contribution is 0.0957. The molecule has 4 heteroatoms. The van der Waals surface area contributed by atoms with Crippen LogP contribution < -0.4 is 10.1 Å². The van der Waals surface area contributed by atoms with Crippen molar-refractivity contribution < 1.29 is 14.3 Å². The Labute approximate surface area is 106 Å². The summed E-state index contributed by atoms with van der Waals surface area (Å²) in [5.74, 6) is 0.460. The minimum absolute atomic E-state index is 0.0803. The van der Waals surface area contributed by atoms with Crippen molar-refractivity contribution in [2.75, 3.05) is 13.2 Å². The maximum absolute atomic E-state index is 11.9. The Hall–Kier alpha value is -1.84. The quantitative estimate of drug-likeness (QED) is 0.830. The number of carbonyl (C=O) groups excluding carboxylic acids is 2. The molecule has 0 unspecified atom stereocenters. The van der Waals surface area contributed by atoms with E-state index in [2.05, 4.69) is 5.32 Å². The first kappa shape index (κ1) is 12.6. The first-order chi connectivity index (χ1) is 8.72. The van der Waals surface area contributed by atoms with Gasteiger partial charge in [0, 0.05) is 12.0 Å². The van der Waals surface area contributed by atoms with Gasteiger partial charge < -0.3 is 10.1 Å². The number of rotatable bonds is 4. The van der Waals surface area contributed by atoms with Gasteiger partial charge in [0.15, 0.2) is 5.78 Å². The normalized spacial score (nSPS) is 14.2. The fourth-order valence-corrected chi connectivity index (χ4v) is 1.91. The van der Waals surface area contributed by atoms with Crippen LogP contribution in [0.2, 0.25) is 0 Å². The number of hydrogen-bond acceptors (Lipinski definition) is 3. The van der Waals surface area contributed by atoms with Gasteiger partial charge in [-0.1, -0.05) is 13.3 Å². The lowest BCUT2D eigenvalue weighted by Gasteiger charge is -2.07. The van der Waals surface area contributed by atoms with Gasteiger partial charge in [-0.3, -0.25) is 9.59 Å². The standard InChI is InChI=1S/C14H17NO3/c1-2-3-4-12(16)10-5-6-13-11(9-10)14(17)15-7-8-18-13/h5-6,9H,2-4,7-8H2,1H3,(H,15,17). The minimum Gasteiger partial charge on any atom is -0.491 e. The van der Waals surface area contributed by atoms with E-state index in [9.17, 15) is 9.59 Å². The average Bonchev–Trinajstić information content (AvgIpc) is 2.58. The maximum atomic E-state index is 11.9. The molecule has 1 amide bonds. The molecule has 1 aromatic carbocycles. The van der Waals surface area contributed by atoms with Crippen LogP contribution in [0.3, 0.4) is 0 Å². The van der Waals surface area contributed by atoms with E-state index < -0.39 is 0 Å². The van der Waals surface area contributed by atoms with Crippen LogP contribution in [0.5, 0.6) is 5.75 Å². The van der Waals surface area contributed by atoms with Gasteiger partial charge in [0.2, 0.25) is 0 Å². The summed E-state index contributed by atoms with van der Waals surface area (Å²) in [5, 5.41) is 2.73. The zero-order valence-corrected chi connectivity index (χ0v) is 10.5. The van der Waals surface area contributed by atoms with E-state index in [1.54, 1.807) is 18.2 Å². The second-order valence-corrected chi connectivity index (χ2v) is 4.34. The van der Waals surface area contributed by atoms with Crippen LogP contribution in [0.25, 0.3) is 0 Å². The molecular weight excluding hydrogens is 230 g/mol. The van der Waals surface area contributed by atoms with Gasteiger partial charge in [-0.15, -0.1) is 0 Å². The van der Waals surface area contributed by atoms with Crippen LogP contribution >= 0.6 is 0 Å². The van der Waals surface area contributed by atoms with Crippen LogP contribution in [0.4, 0.5) is 0 Å². The number of unbranched alkanes of at least 4 members (excludes halogenated alkanes) is 1. The fraction of sp³-hybridized carbons (Fsp3) is 0.429. The van der Waals surface area contributed by atoms with Crippen LogP contribution in [-0.4, -0.2) is 24.8 Å². The summed E-state index contributed by atoms with van der Waals surface area (Å²) in [7, 11) is 0. The summed E-state index contributed by atoms with van der Waals surface area (Å²) in [6.07, 6.45) is 2.39. The number of hydrogen-bond donors (Lipinski definition) is 1. The molecule has 1 aliphatic heterocycles. The molecule has 96 valence electrons. The molecule has 2 rings (SSSR count). The minimum atomic E-state index is -0.173. The number of benzene rings is 1. The second-order valence-electron chi connectivity index (χ2n) is 4.34. The Morgan fingerprint density at radius 3 is 3.06 bits per heavy atom. The van der Waals surface area contributed by atoms with Gasteiger partial charge in [0.1, 0.15) is 12.4 Å². The van der Waals surface area contributed by atoms with Crippen LogP contribution in [0.15, 0.2) is 18.2 Å². The second kappa shape index (κ2) is 5.67. The average molecular weight is 247 g/mol. The molecule has 1 aromatic rings. The lowest BCUT2D eigenvalue weighted by Crippen LogP contribution is -2.24. The molecule has 0 aliphatic carbocycles. The Kier molecular flexibility index (Phi) is 3.97. The highest BCUT2D eigenvalue weighted by Gasteiger charge is 2.18. The summed E-state index contributed by atoms with van der Waals surface area (Å²) in [4.78, 5) is 23.7. The Morgan fingerprint density at radius 2 is 2.28 bits per heavy atom. The molecule has 1 heterocycles. The van der Waals surface area contributed by atoms with Crippen LogP contribution in [0, 0.1) is 0 Å². The predicted molar refractivity (Wildman–Crippen MR) is 68.1 cm³/mol. The zero-order chi connectivity index (χ0) is 13.0. The molecule has 0 atom stereocenters. The highest BCUT2D eigenvalue weighted by atomic mass is 16.5. The van der Waals surface area contributed by atoms with Crippen LogP contribution in [-0.2, 0) is 0 Å². The molecule has 18 heavy (non-hydrogen) atoms. The van der Waals surface area contributed by atoms with Crippen molar-refractivity contribution in [2.24, 2.45) is 0 Å². The molecule has 1 aliphatic rings. The summed E-state index contributed by atoms with van der Waals surface area (Å²) < 4.78 is 5.44. The van der Waals surface area contributed by atoms with Crippen molar-refractivity contribution in [3.05, 3.63) is 29.3 Å². The summed E-state index contributed by atoms with van der Waals surface area (Å²) in [5.41, 5.74) is 1.04. The number of fused-ring (bicyclic) bond motifs is 1. The van der Waals surface area contributed by atoms with Gasteiger partial charge in [-0.2, -0.15) is 0 Å². The molecule has 0 radical (unpaired) electrons. The summed E-state index contributed by atoms with van der Waals surface area (Å²) in [6.45, 7) is 3.00. The number of ketones is 1. The SMILES string of the molecule is CCCCC(=O)c1ccc2c(c1)C(=O)NCCO2. The van der Waals surface area contributed by atoms with E-state index in [1.807, 2.05) is 6.92 Å². The first-order valence-corrected chi connectivity index (χ1v) is 6.30. The molecule has 0 saturated carbocycles. The van der Waals surface area contributed by atoms with Gasteiger partial charge >= 0.3 is 0 Å². The first-order valence-electron chi connectivity index (χ1n) is 6.30. The Balaban J connectivity index is 2.25. The molecule has 0 saturated heterocycles. The van der Waals surface area contributed by atoms with Crippen molar-refractivity contribution >= 4 is 11.7 Å². The van der Waals surface area contributed by atoms with Crippen molar-refractivity contribution in [1.82, 2.24) is 5.32 Å². The lowest BCUT2D eigenvalue weighted by atomic mass is 10.0. The third kappa shape index (κ3) is 2.70. The Bertz CT molecular complexity index is 468. The summed E-state index contributed by atoms with van der Waals surface area (Å²) in [6, 6.07) is 5.07. The monoisotopic (exact) mass is 247 g/mol. The number of Topliss-reactive ketones (excluding diaryl/α,β-unsaturated/α-hetero) is 1.